The van der Waals surface area contributed by atoms with Crippen LogP contribution in [0.2, 0.25) is 0 Å². The molecule has 0 saturated carbocycles. The average molecular weight is 260 g/mol. The zero-order valence-corrected chi connectivity index (χ0v) is 11.2. The SMILES string of the molecule is C[C@]12C[C@H](c3ccccc3O1)N1CCCSC1=N2. The Morgan fingerprint density at radius 2 is 2.33 bits per heavy atom. The van der Waals surface area contributed by atoms with Crippen LogP contribution in [0.4, 0.5) is 0 Å². The summed E-state index contributed by atoms with van der Waals surface area (Å²) in [4.78, 5) is 7.31. The van der Waals surface area contributed by atoms with Crippen molar-refractivity contribution in [2.75, 3.05) is 12.3 Å². The van der Waals surface area contributed by atoms with Crippen molar-refractivity contribution in [2.45, 2.75) is 31.5 Å². The van der Waals surface area contributed by atoms with Crippen LogP contribution in [0.3, 0.4) is 0 Å². The molecule has 0 unspecified atom stereocenters. The van der Waals surface area contributed by atoms with Crippen LogP contribution in [-0.4, -0.2) is 28.1 Å². The normalized spacial score (nSPS) is 33.1. The molecule has 4 rings (SSSR count). The first-order valence-corrected chi connectivity index (χ1v) is 7.51. The number of hydrogen-bond donors (Lipinski definition) is 0. The lowest BCUT2D eigenvalue weighted by molar-refractivity contribution is 0.0244. The van der Waals surface area contributed by atoms with Gasteiger partial charge in [0.05, 0.1) is 6.04 Å². The van der Waals surface area contributed by atoms with Gasteiger partial charge in [0.25, 0.3) is 0 Å². The zero-order chi connectivity index (χ0) is 12.2. The topological polar surface area (TPSA) is 24.8 Å². The van der Waals surface area contributed by atoms with Gasteiger partial charge in [0.1, 0.15) is 5.75 Å². The number of ether oxygens (including phenoxy) is 1. The van der Waals surface area contributed by atoms with Gasteiger partial charge in [0.15, 0.2) is 5.17 Å². The van der Waals surface area contributed by atoms with E-state index in [2.05, 4.69) is 30.0 Å². The predicted octanol–water partition coefficient (Wildman–Crippen LogP) is 3.03. The van der Waals surface area contributed by atoms with Crippen LogP contribution < -0.4 is 4.74 Å². The van der Waals surface area contributed by atoms with E-state index in [1.54, 1.807) is 0 Å². The van der Waals surface area contributed by atoms with E-state index >= 15 is 0 Å². The van der Waals surface area contributed by atoms with Crippen molar-refractivity contribution in [1.82, 2.24) is 4.90 Å². The van der Waals surface area contributed by atoms with Crippen LogP contribution in [0, 0.1) is 0 Å². The summed E-state index contributed by atoms with van der Waals surface area (Å²) in [5.74, 6) is 2.19. The Labute approximate surface area is 111 Å². The van der Waals surface area contributed by atoms with E-state index in [1.165, 1.54) is 22.9 Å². The van der Waals surface area contributed by atoms with E-state index in [-0.39, 0.29) is 5.72 Å². The van der Waals surface area contributed by atoms with Gasteiger partial charge in [-0.3, -0.25) is 0 Å². The molecule has 4 heteroatoms. The summed E-state index contributed by atoms with van der Waals surface area (Å²) in [5, 5.41) is 1.18. The summed E-state index contributed by atoms with van der Waals surface area (Å²) >= 11 is 1.87. The fourth-order valence-corrected chi connectivity index (χ4v) is 4.21. The summed E-state index contributed by atoms with van der Waals surface area (Å²) in [6, 6.07) is 8.85. The number of fused-ring (bicyclic) bond motifs is 6. The molecule has 0 aromatic heterocycles. The minimum Gasteiger partial charge on any atom is -0.466 e. The molecule has 3 heterocycles. The fraction of sp³-hybridized carbons (Fsp3) is 0.500. The molecule has 1 aromatic carbocycles. The first-order chi connectivity index (χ1) is 8.75. The molecule has 1 saturated heterocycles. The highest BCUT2D eigenvalue weighted by molar-refractivity contribution is 8.13. The molecule has 2 atom stereocenters. The summed E-state index contributed by atoms with van der Waals surface area (Å²) in [6.07, 6.45) is 2.22. The lowest BCUT2D eigenvalue weighted by Crippen LogP contribution is -2.51. The van der Waals surface area contributed by atoms with Crippen LogP contribution in [0.15, 0.2) is 29.3 Å². The molecule has 0 aliphatic carbocycles. The summed E-state index contributed by atoms with van der Waals surface area (Å²) in [7, 11) is 0. The second kappa shape index (κ2) is 3.67. The van der Waals surface area contributed by atoms with E-state index in [9.17, 15) is 0 Å². The molecule has 18 heavy (non-hydrogen) atoms. The zero-order valence-electron chi connectivity index (χ0n) is 10.4. The Bertz CT molecular complexity index is 530. The molecule has 0 N–H and O–H groups in total. The Hall–Kier alpha value is -1.16. The quantitative estimate of drug-likeness (QED) is 0.717. The third-order valence-electron chi connectivity index (χ3n) is 3.91. The van der Waals surface area contributed by atoms with Crippen molar-refractivity contribution in [2.24, 2.45) is 4.99 Å². The Balaban J connectivity index is 1.86. The molecular formula is C14H16N2OS. The average Bonchev–Trinajstić information content (AvgIpc) is 2.38. The first-order valence-electron chi connectivity index (χ1n) is 6.52. The van der Waals surface area contributed by atoms with Gasteiger partial charge in [-0.2, -0.15) is 0 Å². The highest BCUT2D eigenvalue weighted by Gasteiger charge is 2.45. The van der Waals surface area contributed by atoms with Gasteiger partial charge in [-0.15, -0.1) is 0 Å². The van der Waals surface area contributed by atoms with Crippen molar-refractivity contribution in [3.05, 3.63) is 29.8 Å². The lowest BCUT2D eigenvalue weighted by atomic mass is 9.91. The molecule has 3 nitrogen and oxygen atoms in total. The van der Waals surface area contributed by atoms with E-state index in [0.29, 0.717) is 6.04 Å². The van der Waals surface area contributed by atoms with Crippen molar-refractivity contribution in [3.63, 3.8) is 0 Å². The summed E-state index contributed by atoms with van der Waals surface area (Å²) < 4.78 is 6.11. The van der Waals surface area contributed by atoms with Crippen molar-refractivity contribution >= 4 is 16.9 Å². The first kappa shape index (κ1) is 10.7. The number of hydrogen-bond acceptors (Lipinski definition) is 4. The molecule has 0 radical (unpaired) electrons. The van der Waals surface area contributed by atoms with Crippen LogP contribution >= 0.6 is 11.8 Å². The molecule has 3 aliphatic heterocycles. The standard InChI is InChI=1S/C14H16N2OS/c1-14-9-11(10-5-2-3-6-12(10)17-14)16-7-4-8-18-13(16)15-14/h2-3,5-6,11H,4,7-9H2,1H3/t11-,14-/m1/s1. The van der Waals surface area contributed by atoms with Gasteiger partial charge in [-0.05, 0) is 19.4 Å². The largest absolute Gasteiger partial charge is 0.466 e. The monoisotopic (exact) mass is 260 g/mol. The number of para-hydroxylation sites is 1. The third kappa shape index (κ3) is 1.48. The van der Waals surface area contributed by atoms with Gasteiger partial charge < -0.3 is 9.64 Å². The summed E-state index contributed by atoms with van der Waals surface area (Å²) in [5.41, 5.74) is 0.958. The number of rotatable bonds is 0. The second-order valence-corrected chi connectivity index (χ2v) is 6.39. The highest BCUT2D eigenvalue weighted by Crippen LogP contribution is 2.48. The van der Waals surface area contributed by atoms with Gasteiger partial charge >= 0.3 is 0 Å². The minimum absolute atomic E-state index is 0.366. The Morgan fingerprint density at radius 1 is 1.44 bits per heavy atom. The van der Waals surface area contributed by atoms with Crippen LogP contribution in [0.25, 0.3) is 0 Å². The van der Waals surface area contributed by atoms with Crippen LogP contribution in [0.5, 0.6) is 5.75 Å². The number of nitrogens with zero attached hydrogens (tertiary/aromatic N) is 2. The summed E-state index contributed by atoms with van der Waals surface area (Å²) in [6.45, 7) is 3.23. The highest BCUT2D eigenvalue weighted by atomic mass is 32.2. The van der Waals surface area contributed by atoms with Crippen molar-refractivity contribution in [3.8, 4) is 5.75 Å². The van der Waals surface area contributed by atoms with Crippen LogP contribution in [0.1, 0.15) is 31.4 Å². The predicted molar refractivity (Wildman–Crippen MR) is 74.0 cm³/mol. The molecule has 2 bridgehead atoms. The fourth-order valence-electron chi connectivity index (χ4n) is 3.11. The van der Waals surface area contributed by atoms with Crippen molar-refractivity contribution < 1.29 is 4.74 Å². The lowest BCUT2D eigenvalue weighted by Gasteiger charge is -2.48. The Morgan fingerprint density at radius 3 is 3.28 bits per heavy atom. The molecule has 94 valence electrons. The molecular weight excluding hydrogens is 244 g/mol. The number of thioether (sulfide) groups is 1. The molecule has 1 fully saturated rings. The maximum atomic E-state index is 6.11. The van der Waals surface area contributed by atoms with E-state index in [0.717, 1.165) is 18.7 Å². The second-order valence-electron chi connectivity index (χ2n) is 5.32. The number of aliphatic imine (C=N–C) groups is 1. The number of amidine groups is 1. The van der Waals surface area contributed by atoms with E-state index in [4.69, 9.17) is 9.73 Å². The smallest absolute Gasteiger partial charge is 0.202 e. The van der Waals surface area contributed by atoms with Crippen LogP contribution in [-0.2, 0) is 0 Å². The molecule has 1 aromatic rings. The van der Waals surface area contributed by atoms with Crippen molar-refractivity contribution in [1.29, 1.82) is 0 Å². The maximum absolute atomic E-state index is 6.11. The van der Waals surface area contributed by atoms with E-state index in [1.807, 2.05) is 17.8 Å². The molecule has 3 aliphatic rings. The van der Waals surface area contributed by atoms with Gasteiger partial charge in [0, 0.05) is 24.3 Å². The maximum Gasteiger partial charge on any atom is 0.202 e. The Kier molecular flexibility index (Phi) is 2.19. The number of benzene rings is 1. The van der Waals surface area contributed by atoms with Gasteiger partial charge in [0.2, 0.25) is 5.72 Å². The van der Waals surface area contributed by atoms with Gasteiger partial charge in [-0.1, -0.05) is 30.0 Å². The van der Waals surface area contributed by atoms with Gasteiger partial charge in [-0.25, -0.2) is 4.99 Å². The minimum atomic E-state index is -0.366. The third-order valence-corrected chi connectivity index (χ3v) is 4.99. The molecule has 0 amide bonds. The molecule has 0 spiro atoms. The van der Waals surface area contributed by atoms with E-state index < -0.39 is 0 Å².